The Morgan fingerprint density at radius 1 is 1.73 bits per heavy atom. The lowest BCUT2D eigenvalue weighted by Crippen LogP contribution is -2.05. The molecule has 0 atom stereocenters. The lowest BCUT2D eigenvalue weighted by molar-refractivity contribution is -0.386. The molecule has 0 amide bonds. The molecule has 0 aliphatic carbocycles. The van der Waals surface area contributed by atoms with Gasteiger partial charge in [0.2, 0.25) is 0 Å². The van der Waals surface area contributed by atoms with Gasteiger partial charge in [0.05, 0.1) is 18.5 Å². The summed E-state index contributed by atoms with van der Waals surface area (Å²) in [5.41, 5.74) is 0.271. The first-order valence-electron chi connectivity index (χ1n) is 3.90. The Balaban J connectivity index is 2.97. The molecule has 0 N–H and O–H groups in total. The minimum atomic E-state index is -0.572. The van der Waals surface area contributed by atoms with Gasteiger partial charge >= 0.3 is 11.7 Å². The van der Waals surface area contributed by atoms with Crippen molar-refractivity contribution >= 4 is 27.6 Å². The first kappa shape index (κ1) is 11.6. The number of carbonyl (C=O) groups excluding carboxylic acids is 1. The molecule has 0 fully saturated rings. The zero-order valence-electron chi connectivity index (χ0n) is 7.77. The van der Waals surface area contributed by atoms with E-state index in [9.17, 15) is 14.9 Å². The molecule has 0 radical (unpaired) electrons. The van der Waals surface area contributed by atoms with Crippen LogP contribution in [0.25, 0.3) is 0 Å². The molecule has 80 valence electrons. The van der Waals surface area contributed by atoms with Crippen molar-refractivity contribution in [2.75, 3.05) is 7.11 Å². The maximum absolute atomic E-state index is 10.9. The van der Waals surface area contributed by atoms with Crippen molar-refractivity contribution < 1.29 is 14.5 Å². The molecule has 0 bridgehead atoms. The Morgan fingerprint density at radius 2 is 2.40 bits per heavy atom. The van der Waals surface area contributed by atoms with Crippen LogP contribution >= 0.6 is 15.9 Å². The van der Waals surface area contributed by atoms with E-state index in [1.807, 2.05) is 0 Å². The monoisotopic (exact) mass is 274 g/mol. The van der Waals surface area contributed by atoms with E-state index in [1.54, 1.807) is 0 Å². The average Bonchev–Trinajstić information content (AvgIpc) is 2.20. The maximum Gasteiger partial charge on any atom is 0.310 e. The van der Waals surface area contributed by atoms with Gasteiger partial charge in [0.15, 0.2) is 4.60 Å². The largest absolute Gasteiger partial charge is 0.469 e. The summed E-state index contributed by atoms with van der Waals surface area (Å²) in [4.78, 5) is 24.6. The third-order valence-electron chi connectivity index (χ3n) is 1.65. The molecule has 0 unspecified atom stereocenters. The molecule has 0 spiro atoms. The summed E-state index contributed by atoms with van der Waals surface area (Å²) < 4.78 is 4.58. The molecule has 0 aliphatic heterocycles. The van der Waals surface area contributed by atoms with Crippen molar-refractivity contribution in [3.05, 3.63) is 32.5 Å². The number of aromatic nitrogens is 1. The van der Waals surface area contributed by atoms with E-state index in [-0.39, 0.29) is 16.7 Å². The number of nitrogens with zero attached hydrogens (tertiary/aromatic N) is 2. The van der Waals surface area contributed by atoms with Gasteiger partial charge in [-0.2, -0.15) is 0 Å². The minimum Gasteiger partial charge on any atom is -0.469 e. The first-order valence-corrected chi connectivity index (χ1v) is 4.69. The second kappa shape index (κ2) is 4.83. The van der Waals surface area contributed by atoms with E-state index < -0.39 is 10.9 Å². The molecule has 0 aromatic carbocycles. The van der Waals surface area contributed by atoms with Gasteiger partial charge in [-0.25, -0.2) is 4.98 Å². The van der Waals surface area contributed by atoms with E-state index in [1.165, 1.54) is 19.4 Å². The topological polar surface area (TPSA) is 82.3 Å². The molecule has 0 saturated heterocycles. The number of pyridine rings is 1. The molecule has 7 heteroatoms. The molecular formula is C8H7BrN2O4. The molecular weight excluding hydrogens is 268 g/mol. The van der Waals surface area contributed by atoms with Crippen molar-refractivity contribution in [1.29, 1.82) is 0 Å². The molecule has 1 rings (SSSR count). The third-order valence-corrected chi connectivity index (χ3v) is 2.26. The number of nitro groups is 1. The number of rotatable bonds is 3. The Kier molecular flexibility index (Phi) is 3.73. The number of hydrogen-bond acceptors (Lipinski definition) is 5. The van der Waals surface area contributed by atoms with Gasteiger partial charge in [-0.05, 0) is 21.5 Å². The maximum atomic E-state index is 10.9. The van der Waals surface area contributed by atoms with E-state index in [0.717, 1.165) is 0 Å². The van der Waals surface area contributed by atoms with Crippen molar-refractivity contribution in [1.82, 2.24) is 4.98 Å². The first-order chi connectivity index (χ1) is 7.04. The predicted molar refractivity (Wildman–Crippen MR) is 54.3 cm³/mol. The van der Waals surface area contributed by atoms with Crippen molar-refractivity contribution in [2.45, 2.75) is 6.42 Å². The van der Waals surface area contributed by atoms with E-state index >= 15 is 0 Å². The van der Waals surface area contributed by atoms with Crippen LogP contribution in [0, 0.1) is 10.1 Å². The highest BCUT2D eigenvalue weighted by molar-refractivity contribution is 9.10. The zero-order chi connectivity index (χ0) is 11.4. The Labute approximate surface area is 93.5 Å². The van der Waals surface area contributed by atoms with Gasteiger partial charge in [-0.15, -0.1) is 0 Å². The highest BCUT2D eigenvalue weighted by Crippen LogP contribution is 2.23. The number of hydrogen-bond donors (Lipinski definition) is 0. The molecule has 15 heavy (non-hydrogen) atoms. The fraction of sp³-hybridized carbons (Fsp3) is 0.250. The minimum absolute atomic E-state index is 0.0301. The van der Waals surface area contributed by atoms with Crippen LogP contribution in [-0.2, 0) is 16.0 Å². The molecule has 6 nitrogen and oxygen atoms in total. The fourth-order valence-corrected chi connectivity index (χ4v) is 1.30. The number of esters is 1. The van der Waals surface area contributed by atoms with Crippen LogP contribution in [0.4, 0.5) is 5.69 Å². The summed E-state index contributed by atoms with van der Waals surface area (Å²) >= 11 is 2.95. The summed E-state index contributed by atoms with van der Waals surface area (Å²) in [5.74, 6) is -0.464. The summed E-state index contributed by atoms with van der Waals surface area (Å²) in [7, 11) is 1.25. The normalized spacial score (nSPS) is 9.73. The number of methoxy groups -OCH3 is 1. The second-order valence-corrected chi connectivity index (χ2v) is 3.41. The van der Waals surface area contributed by atoms with Gasteiger partial charge < -0.3 is 4.74 Å². The van der Waals surface area contributed by atoms with Gasteiger partial charge in [-0.1, -0.05) is 0 Å². The predicted octanol–water partition coefficient (Wildman–Crippen LogP) is 1.47. The van der Waals surface area contributed by atoms with Gasteiger partial charge in [0.25, 0.3) is 0 Å². The lowest BCUT2D eigenvalue weighted by atomic mass is 10.2. The van der Waals surface area contributed by atoms with E-state index in [4.69, 9.17) is 0 Å². The average molecular weight is 275 g/mol. The van der Waals surface area contributed by atoms with Gasteiger partial charge in [-0.3, -0.25) is 14.9 Å². The van der Waals surface area contributed by atoms with Crippen LogP contribution in [0.3, 0.4) is 0 Å². The van der Waals surface area contributed by atoms with Gasteiger partial charge in [0.1, 0.15) is 0 Å². The molecule has 1 heterocycles. The Morgan fingerprint density at radius 3 is 2.93 bits per heavy atom. The zero-order valence-corrected chi connectivity index (χ0v) is 9.35. The smallest absolute Gasteiger partial charge is 0.310 e. The molecule has 1 aromatic rings. The van der Waals surface area contributed by atoms with Crippen LogP contribution in [0.1, 0.15) is 5.56 Å². The highest BCUT2D eigenvalue weighted by atomic mass is 79.9. The number of halogens is 1. The molecule has 0 aliphatic rings. The van der Waals surface area contributed by atoms with E-state index in [0.29, 0.717) is 5.56 Å². The van der Waals surface area contributed by atoms with Crippen LogP contribution in [0.5, 0.6) is 0 Å². The molecule has 1 aromatic heterocycles. The van der Waals surface area contributed by atoms with E-state index in [2.05, 4.69) is 25.7 Å². The fourth-order valence-electron chi connectivity index (χ4n) is 0.942. The Hall–Kier alpha value is -1.50. The standard InChI is InChI=1S/C8H7BrN2O4/c1-15-7(12)3-5-2-6(11(13)14)8(9)10-4-5/h2,4H,3H2,1H3. The third kappa shape index (κ3) is 2.98. The summed E-state index contributed by atoms with van der Waals surface area (Å²) in [5, 5.41) is 10.5. The molecule has 0 saturated carbocycles. The summed E-state index contributed by atoms with van der Waals surface area (Å²) in [6.45, 7) is 0. The lowest BCUT2D eigenvalue weighted by Gasteiger charge is -2.00. The van der Waals surface area contributed by atoms with Crippen LogP contribution < -0.4 is 0 Å². The SMILES string of the molecule is COC(=O)Cc1cnc(Br)c([N+](=O)[O-])c1. The number of carbonyl (C=O) groups is 1. The highest BCUT2D eigenvalue weighted by Gasteiger charge is 2.15. The number of ether oxygens (including phenoxy) is 1. The van der Waals surface area contributed by atoms with Crippen molar-refractivity contribution in [2.24, 2.45) is 0 Å². The second-order valence-electron chi connectivity index (χ2n) is 2.66. The summed E-state index contributed by atoms with van der Waals surface area (Å²) in [6.07, 6.45) is 1.35. The van der Waals surface area contributed by atoms with Crippen LogP contribution in [-0.4, -0.2) is 23.0 Å². The quantitative estimate of drug-likeness (QED) is 0.361. The van der Waals surface area contributed by atoms with Crippen molar-refractivity contribution in [3.8, 4) is 0 Å². The summed E-state index contributed by atoms with van der Waals surface area (Å²) in [6, 6.07) is 1.29. The van der Waals surface area contributed by atoms with Gasteiger partial charge in [0, 0.05) is 12.3 Å². The van der Waals surface area contributed by atoms with Crippen molar-refractivity contribution in [3.63, 3.8) is 0 Å². The van der Waals surface area contributed by atoms with Crippen LogP contribution in [0.2, 0.25) is 0 Å². The van der Waals surface area contributed by atoms with Crippen LogP contribution in [0.15, 0.2) is 16.9 Å². The Bertz CT molecular complexity index is 408.